The van der Waals surface area contributed by atoms with Gasteiger partial charge in [-0.2, -0.15) is 0 Å². The van der Waals surface area contributed by atoms with E-state index >= 15 is 0 Å². The summed E-state index contributed by atoms with van der Waals surface area (Å²) in [7, 11) is 1.76. The summed E-state index contributed by atoms with van der Waals surface area (Å²) >= 11 is 3.46. The van der Waals surface area contributed by atoms with Crippen molar-refractivity contribution >= 4 is 15.9 Å². The van der Waals surface area contributed by atoms with Crippen molar-refractivity contribution in [2.45, 2.75) is 32.2 Å². The van der Waals surface area contributed by atoms with E-state index in [1.807, 2.05) is 0 Å². The maximum Gasteiger partial charge on any atom is 0.0477 e. The average molecular weight is 300 g/mol. The van der Waals surface area contributed by atoms with E-state index in [0.29, 0.717) is 6.04 Å². The molecule has 0 aromatic heterocycles. The Kier molecular flexibility index (Phi) is 7.49. The van der Waals surface area contributed by atoms with E-state index in [-0.39, 0.29) is 0 Å². The van der Waals surface area contributed by atoms with Crippen molar-refractivity contribution < 1.29 is 4.74 Å². The van der Waals surface area contributed by atoms with Crippen LogP contribution in [-0.2, 0) is 11.2 Å². The first-order valence-electron chi connectivity index (χ1n) is 6.23. The van der Waals surface area contributed by atoms with Crippen LogP contribution in [0.1, 0.15) is 25.3 Å². The lowest BCUT2D eigenvalue weighted by Gasteiger charge is -2.18. The number of benzene rings is 1. The zero-order valence-corrected chi connectivity index (χ0v) is 12.3. The van der Waals surface area contributed by atoms with Gasteiger partial charge in [-0.25, -0.2) is 0 Å². The average Bonchev–Trinajstić information content (AvgIpc) is 2.35. The van der Waals surface area contributed by atoms with Crippen LogP contribution in [0.4, 0.5) is 0 Å². The van der Waals surface area contributed by atoms with Crippen LogP contribution in [-0.4, -0.2) is 26.3 Å². The Balaban J connectivity index is 2.48. The summed E-state index contributed by atoms with van der Waals surface area (Å²) in [6.07, 6.45) is 3.30. The zero-order chi connectivity index (χ0) is 12.5. The van der Waals surface area contributed by atoms with E-state index < -0.39 is 0 Å². The molecule has 1 atom stereocenters. The van der Waals surface area contributed by atoms with Gasteiger partial charge in [0.15, 0.2) is 0 Å². The van der Waals surface area contributed by atoms with Crippen molar-refractivity contribution in [2.75, 3.05) is 20.3 Å². The summed E-state index contributed by atoms with van der Waals surface area (Å²) in [5.41, 5.74) is 1.37. The van der Waals surface area contributed by atoms with Crippen LogP contribution >= 0.6 is 15.9 Å². The van der Waals surface area contributed by atoms with E-state index in [1.165, 1.54) is 12.0 Å². The Morgan fingerprint density at radius 1 is 1.29 bits per heavy atom. The molecule has 0 saturated carbocycles. The van der Waals surface area contributed by atoms with E-state index in [1.54, 1.807) is 7.11 Å². The highest BCUT2D eigenvalue weighted by Gasteiger charge is 2.08. The number of halogens is 1. The van der Waals surface area contributed by atoms with Crippen molar-refractivity contribution in [2.24, 2.45) is 0 Å². The minimum atomic E-state index is 0.510. The summed E-state index contributed by atoms with van der Waals surface area (Å²) in [5, 5.41) is 3.58. The molecule has 1 unspecified atom stereocenters. The molecule has 17 heavy (non-hydrogen) atoms. The maximum absolute atomic E-state index is 5.16. The normalized spacial score (nSPS) is 12.6. The number of hydrogen-bond acceptors (Lipinski definition) is 2. The Morgan fingerprint density at radius 2 is 2.00 bits per heavy atom. The van der Waals surface area contributed by atoms with Crippen LogP contribution in [0, 0.1) is 0 Å². The molecule has 0 amide bonds. The van der Waals surface area contributed by atoms with Crippen molar-refractivity contribution in [1.82, 2.24) is 5.32 Å². The molecule has 0 radical (unpaired) electrons. The Morgan fingerprint density at radius 3 is 2.59 bits per heavy atom. The highest BCUT2D eigenvalue weighted by molar-refractivity contribution is 9.10. The highest BCUT2D eigenvalue weighted by Crippen LogP contribution is 2.12. The minimum absolute atomic E-state index is 0.510. The summed E-state index contributed by atoms with van der Waals surface area (Å²) in [6, 6.07) is 9.07. The first kappa shape index (κ1) is 14.7. The van der Waals surface area contributed by atoms with Crippen molar-refractivity contribution in [3.8, 4) is 0 Å². The predicted molar refractivity (Wildman–Crippen MR) is 76.4 cm³/mol. The van der Waals surface area contributed by atoms with Crippen LogP contribution in [0.15, 0.2) is 28.7 Å². The van der Waals surface area contributed by atoms with E-state index in [0.717, 1.165) is 30.5 Å². The molecule has 96 valence electrons. The maximum atomic E-state index is 5.16. The monoisotopic (exact) mass is 299 g/mol. The number of rotatable bonds is 8. The first-order chi connectivity index (χ1) is 8.26. The van der Waals surface area contributed by atoms with Gasteiger partial charge in [-0.15, -0.1) is 0 Å². The summed E-state index contributed by atoms with van der Waals surface area (Å²) in [5.74, 6) is 0. The van der Waals surface area contributed by atoms with Gasteiger partial charge in [-0.05, 0) is 43.5 Å². The Bertz CT molecular complexity index is 292. The molecule has 0 aliphatic heterocycles. The molecular weight excluding hydrogens is 278 g/mol. The van der Waals surface area contributed by atoms with Gasteiger partial charge >= 0.3 is 0 Å². The summed E-state index contributed by atoms with van der Waals surface area (Å²) < 4.78 is 6.30. The van der Waals surface area contributed by atoms with Crippen molar-refractivity contribution in [3.05, 3.63) is 34.3 Å². The van der Waals surface area contributed by atoms with Gasteiger partial charge in [0.05, 0.1) is 0 Å². The Labute approximate surface area is 113 Å². The number of hydrogen-bond donors (Lipinski definition) is 1. The molecule has 0 aliphatic carbocycles. The first-order valence-corrected chi connectivity index (χ1v) is 7.02. The number of nitrogens with one attached hydrogen (secondary N) is 1. The lowest BCUT2D eigenvalue weighted by atomic mass is 10.0. The van der Waals surface area contributed by atoms with E-state index in [9.17, 15) is 0 Å². The SMILES string of the molecule is CCCNC(CCOC)Cc1ccc(Br)cc1. The third-order valence-corrected chi connectivity index (χ3v) is 3.28. The lowest BCUT2D eigenvalue weighted by molar-refractivity contribution is 0.182. The largest absolute Gasteiger partial charge is 0.385 e. The van der Waals surface area contributed by atoms with Crippen LogP contribution < -0.4 is 5.32 Å². The molecule has 0 saturated heterocycles. The van der Waals surface area contributed by atoms with Gasteiger partial charge in [0.25, 0.3) is 0 Å². The smallest absolute Gasteiger partial charge is 0.0477 e. The fraction of sp³-hybridized carbons (Fsp3) is 0.571. The Hall–Kier alpha value is -0.380. The van der Waals surface area contributed by atoms with Crippen molar-refractivity contribution in [1.29, 1.82) is 0 Å². The molecule has 0 spiro atoms. The highest BCUT2D eigenvalue weighted by atomic mass is 79.9. The van der Waals surface area contributed by atoms with Crippen molar-refractivity contribution in [3.63, 3.8) is 0 Å². The molecule has 1 rings (SSSR count). The molecule has 0 aliphatic rings. The number of ether oxygens (including phenoxy) is 1. The quantitative estimate of drug-likeness (QED) is 0.794. The topological polar surface area (TPSA) is 21.3 Å². The van der Waals surface area contributed by atoms with Gasteiger partial charge in [0, 0.05) is 24.2 Å². The third-order valence-electron chi connectivity index (χ3n) is 2.75. The lowest BCUT2D eigenvalue weighted by Crippen LogP contribution is -2.32. The van der Waals surface area contributed by atoms with Gasteiger partial charge in [0.1, 0.15) is 0 Å². The molecule has 3 heteroatoms. The molecular formula is C14H22BrNO. The molecule has 1 N–H and O–H groups in total. The third kappa shape index (κ3) is 6.20. The number of methoxy groups -OCH3 is 1. The van der Waals surface area contributed by atoms with Gasteiger partial charge in [-0.3, -0.25) is 0 Å². The fourth-order valence-corrected chi connectivity index (χ4v) is 2.05. The standard InChI is InChI=1S/C14H22BrNO/c1-3-9-16-14(8-10-17-2)11-12-4-6-13(15)7-5-12/h4-7,14,16H,3,8-11H2,1-2H3. The van der Waals surface area contributed by atoms with Gasteiger partial charge in [-0.1, -0.05) is 35.0 Å². The van der Waals surface area contributed by atoms with Crippen LogP contribution in [0.5, 0.6) is 0 Å². The van der Waals surface area contributed by atoms with Crippen LogP contribution in [0.2, 0.25) is 0 Å². The fourth-order valence-electron chi connectivity index (χ4n) is 1.79. The molecule has 0 bridgehead atoms. The predicted octanol–water partition coefficient (Wildman–Crippen LogP) is 3.40. The second-order valence-corrected chi connectivity index (χ2v) is 5.18. The summed E-state index contributed by atoms with van der Waals surface area (Å²) in [6.45, 7) is 4.09. The zero-order valence-electron chi connectivity index (χ0n) is 10.7. The molecule has 0 fully saturated rings. The second kappa shape index (κ2) is 8.67. The minimum Gasteiger partial charge on any atom is -0.385 e. The molecule has 0 heterocycles. The summed E-state index contributed by atoms with van der Waals surface area (Å²) in [4.78, 5) is 0. The second-order valence-electron chi connectivity index (χ2n) is 4.26. The van der Waals surface area contributed by atoms with Crippen LogP contribution in [0.3, 0.4) is 0 Å². The van der Waals surface area contributed by atoms with Gasteiger partial charge < -0.3 is 10.1 Å². The molecule has 1 aromatic rings. The van der Waals surface area contributed by atoms with E-state index in [2.05, 4.69) is 52.4 Å². The van der Waals surface area contributed by atoms with E-state index in [4.69, 9.17) is 4.74 Å². The molecule has 2 nitrogen and oxygen atoms in total. The van der Waals surface area contributed by atoms with Gasteiger partial charge in [0.2, 0.25) is 0 Å². The molecule has 1 aromatic carbocycles. The van der Waals surface area contributed by atoms with Crippen LogP contribution in [0.25, 0.3) is 0 Å².